The quantitative estimate of drug-likeness (QED) is 0.564. The molecule has 0 saturated carbocycles. The van der Waals surface area contributed by atoms with Crippen molar-refractivity contribution in [2.24, 2.45) is 0 Å². The third kappa shape index (κ3) is 2.18. The lowest BCUT2D eigenvalue weighted by Gasteiger charge is -1.90. The van der Waals surface area contributed by atoms with E-state index in [9.17, 15) is 4.79 Å². The van der Waals surface area contributed by atoms with Gasteiger partial charge in [-0.05, 0) is 52.3 Å². The second-order valence-corrected chi connectivity index (χ2v) is 7.10. The van der Waals surface area contributed by atoms with Crippen molar-refractivity contribution in [3.05, 3.63) is 55.3 Å². The highest BCUT2D eigenvalue weighted by atomic mass is 79.9. The summed E-state index contributed by atoms with van der Waals surface area (Å²) in [5.74, 6) is 0.287. The second-order valence-electron chi connectivity index (χ2n) is 3.73. The first-order valence-corrected chi connectivity index (χ1v) is 7.53. The zero-order valence-electron chi connectivity index (χ0n) is 8.94. The van der Waals surface area contributed by atoms with Crippen LogP contribution < -0.4 is 0 Å². The minimum atomic E-state index is -0.0852. The SMILES string of the molecule is O=C(c1cc2cc(Br)ccc2o1)c1ccc(Br)s1. The Morgan fingerprint density at radius 2 is 1.94 bits per heavy atom. The van der Waals surface area contributed by atoms with Gasteiger partial charge in [-0.25, -0.2) is 0 Å². The van der Waals surface area contributed by atoms with Gasteiger partial charge in [0.15, 0.2) is 5.76 Å². The normalized spacial score (nSPS) is 11.0. The van der Waals surface area contributed by atoms with E-state index in [1.54, 1.807) is 12.1 Å². The van der Waals surface area contributed by atoms with Gasteiger partial charge in [0.05, 0.1) is 8.66 Å². The molecule has 0 N–H and O–H groups in total. The molecule has 18 heavy (non-hydrogen) atoms. The van der Waals surface area contributed by atoms with Crippen molar-refractivity contribution in [2.45, 2.75) is 0 Å². The van der Waals surface area contributed by atoms with Crippen LogP contribution in [0.25, 0.3) is 11.0 Å². The standard InChI is InChI=1S/C13H6Br2O2S/c14-8-1-2-9-7(5-8)6-10(17-9)13(16)11-3-4-12(15)18-11/h1-6H. The Hall–Kier alpha value is -0.910. The highest BCUT2D eigenvalue weighted by Gasteiger charge is 2.16. The fourth-order valence-corrected chi connectivity index (χ4v) is 3.39. The van der Waals surface area contributed by atoms with Gasteiger partial charge >= 0.3 is 0 Å². The summed E-state index contributed by atoms with van der Waals surface area (Å²) < 4.78 is 7.47. The van der Waals surface area contributed by atoms with Crippen LogP contribution in [-0.4, -0.2) is 5.78 Å². The van der Waals surface area contributed by atoms with Gasteiger partial charge in [0.25, 0.3) is 0 Å². The van der Waals surface area contributed by atoms with Crippen LogP contribution in [0.4, 0.5) is 0 Å². The van der Waals surface area contributed by atoms with Crippen LogP contribution in [0.1, 0.15) is 15.4 Å². The molecule has 2 heterocycles. The third-order valence-electron chi connectivity index (χ3n) is 2.50. The first kappa shape index (κ1) is 12.1. The average Bonchev–Trinajstić information content (AvgIpc) is 2.93. The fraction of sp³-hybridized carbons (Fsp3) is 0. The van der Waals surface area contributed by atoms with Crippen molar-refractivity contribution in [1.29, 1.82) is 0 Å². The molecular weight excluding hydrogens is 380 g/mol. The molecule has 2 nitrogen and oxygen atoms in total. The molecule has 0 aliphatic carbocycles. The Morgan fingerprint density at radius 1 is 1.11 bits per heavy atom. The zero-order chi connectivity index (χ0) is 12.7. The molecule has 0 amide bonds. The Bertz CT molecular complexity index is 742. The number of carbonyl (C=O) groups is 1. The predicted octanol–water partition coefficient (Wildman–Crippen LogP) is 5.25. The Kier molecular flexibility index (Phi) is 3.13. The predicted molar refractivity (Wildman–Crippen MR) is 79.4 cm³/mol. The molecule has 0 radical (unpaired) electrons. The van der Waals surface area contributed by atoms with E-state index in [1.807, 2.05) is 24.3 Å². The molecule has 0 spiro atoms. The molecule has 2 aromatic heterocycles. The smallest absolute Gasteiger partial charge is 0.238 e. The van der Waals surface area contributed by atoms with Gasteiger partial charge in [0, 0.05) is 9.86 Å². The van der Waals surface area contributed by atoms with Crippen molar-refractivity contribution >= 4 is 59.9 Å². The van der Waals surface area contributed by atoms with Gasteiger partial charge in [-0.3, -0.25) is 4.79 Å². The highest BCUT2D eigenvalue weighted by Crippen LogP contribution is 2.28. The summed E-state index contributed by atoms with van der Waals surface area (Å²) in [5, 5.41) is 0.920. The fourth-order valence-electron chi connectivity index (χ4n) is 1.68. The summed E-state index contributed by atoms with van der Waals surface area (Å²) in [6.07, 6.45) is 0. The van der Waals surface area contributed by atoms with Crippen LogP contribution in [-0.2, 0) is 0 Å². The maximum atomic E-state index is 12.2. The van der Waals surface area contributed by atoms with Crippen molar-refractivity contribution in [2.75, 3.05) is 0 Å². The van der Waals surface area contributed by atoms with E-state index in [-0.39, 0.29) is 5.78 Å². The van der Waals surface area contributed by atoms with Crippen LogP contribution >= 0.6 is 43.2 Å². The van der Waals surface area contributed by atoms with Gasteiger partial charge < -0.3 is 4.42 Å². The van der Waals surface area contributed by atoms with Crippen molar-refractivity contribution < 1.29 is 9.21 Å². The number of fused-ring (bicyclic) bond motifs is 1. The molecule has 90 valence electrons. The molecule has 3 rings (SSSR count). The average molecular weight is 386 g/mol. The van der Waals surface area contributed by atoms with E-state index in [4.69, 9.17) is 4.42 Å². The first-order chi connectivity index (χ1) is 8.63. The molecule has 0 saturated heterocycles. The summed E-state index contributed by atoms with van der Waals surface area (Å²) in [5.41, 5.74) is 0.720. The molecule has 3 aromatic rings. The largest absolute Gasteiger partial charge is 0.453 e. The molecule has 0 aliphatic heterocycles. The summed E-state index contributed by atoms with van der Waals surface area (Å²) in [7, 11) is 0. The Morgan fingerprint density at radius 3 is 2.67 bits per heavy atom. The van der Waals surface area contributed by atoms with Crippen LogP contribution in [0.5, 0.6) is 0 Å². The number of rotatable bonds is 2. The minimum Gasteiger partial charge on any atom is -0.453 e. The molecule has 0 atom stereocenters. The summed E-state index contributed by atoms with van der Waals surface area (Å²) >= 11 is 8.14. The third-order valence-corrected chi connectivity index (χ3v) is 4.61. The molecule has 0 fully saturated rings. The van der Waals surface area contributed by atoms with E-state index in [0.717, 1.165) is 19.2 Å². The van der Waals surface area contributed by atoms with E-state index in [1.165, 1.54) is 11.3 Å². The number of carbonyl (C=O) groups excluding carboxylic acids is 1. The van der Waals surface area contributed by atoms with Gasteiger partial charge in [0.1, 0.15) is 5.58 Å². The van der Waals surface area contributed by atoms with Gasteiger partial charge in [-0.15, -0.1) is 11.3 Å². The lowest BCUT2D eigenvalue weighted by molar-refractivity contribution is 0.101. The number of thiophene rings is 1. The van der Waals surface area contributed by atoms with E-state index in [0.29, 0.717) is 10.6 Å². The maximum absolute atomic E-state index is 12.2. The van der Waals surface area contributed by atoms with E-state index >= 15 is 0 Å². The van der Waals surface area contributed by atoms with Crippen LogP contribution in [0.15, 0.2) is 49.1 Å². The Labute approximate surface area is 124 Å². The maximum Gasteiger partial charge on any atom is 0.238 e. The molecule has 0 bridgehead atoms. The topological polar surface area (TPSA) is 30.2 Å². The number of ketones is 1. The van der Waals surface area contributed by atoms with Crippen LogP contribution in [0, 0.1) is 0 Å². The highest BCUT2D eigenvalue weighted by molar-refractivity contribution is 9.11. The number of hydrogen-bond acceptors (Lipinski definition) is 3. The monoisotopic (exact) mass is 384 g/mol. The van der Waals surface area contributed by atoms with Crippen LogP contribution in [0.2, 0.25) is 0 Å². The number of hydrogen-bond donors (Lipinski definition) is 0. The van der Waals surface area contributed by atoms with Crippen molar-refractivity contribution in [3.8, 4) is 0 Å². The second kappa shape index (κ2) is 4.64. The van der Waals surface area contributed by atoms with E-state index < -0.39 is 0 Å². The lowest BCUT2D eigenvalue weighted by atomic mass is 10.2. The summed E-state index contributed by atoms with van der Waals surface area (Å²) in [6.45, 7) is 0. The van der Waals surface area contributed by atoms with Gasteiger partial charge in [-0.2, -0.15) is 0 Å². The number of furan rings is 1. The summed E-state index contributed by atoms with van der Waals surface area (Å²) in [4.78, 5) is 12.9. The summed E-state index contributed by atoms with van der Waals surface area (Å²) in [6, 6.07) is 11.1. The first-order valence-electron chi connectivity index (χ1n) is 5.12. The zero-order valence-corrected chi connectivity index (χ0v) is 12.9. The Balaban J connectivity index is 2.06. The van der Waals surface area contributed by atoms with Crippen molar-refractivity contribution in [3.63, 3.8) is 0 Å². The lowest BCUT2D eigenvalue weighted by Crippen LogP contribution is -1.95. The van der Waals surface area contributed by atoms with E-state index in [2.05, 4.69) is 31.9 Å². The number of benzene rings is 1. The van der Waals surface area contributed by atoms with Crippen molar-refractivity contribution in [1.82, 2.24) is 0 Å². The van der Waals surface area contributed by atoms with Gasteiger partial charge in [0.2, 0.25) is 5.78 Å². The molecule has 1 aromatic carbocycles. The number of halogens is 2. The van der Waals surface area contributed by atoms with Crippen LogP contribution in [0.3, 0.4) is 0 Å². The molecule has 0 unspecified atom stereocenters. The molecule has 0 aliphatic rings. The molecule has 5 heteroatoms. The van der Waals surface area contributed by atoms with Gasteiger partial charge in [-0.1, -0.05) is 15.9 Å². The molecular formula is C13H6Br2O2S. The minimum absolute atomic E-state index is 0.0852.